The van der Waals surface area contributed by atoms with Crippen molar-refractivity contribution in [2.75, 3.05) is 35.6 Å². The highest BCUT2D eigenvalue weighted by molar-refractivity contribution is 7.92. The molecule has 162 valence electrons. The molecule has 3 rings (SSSR count). The Morgan fingerprint density at radius 3 is 2.30 bits per heavy atom. The normalized spacial score (nSPS) is 16.2. The van der Waals surface area contributed by atoms with Crippen LogP contribution in [0.5, 0.6) is 0 Å². The van der Waals surface area contributed by atoms with E-state index in [9.17, 15) is 13.2 Å². The predicted molar refractivity (Wildman–Crippen MR) is 123 cm³/mol. The van der Waals surface area contributed by atoms with E-state index in [0.717, 1.165) is 35.1 Å². The number of benzene rings is 2. The highest BCUT2D eigenvalue weighted by Crippen LogP contribution is 2.26. The lowest BCUT2D eigenvalue weighted by molar-refractivity contribution is 0.0940. The summed E-state index contributed by atoms with van der Waals surface area (Å²) in [6.45, 7) is 6.39. The molecule has 0 aromatic heterocycles. The molecule has 7 heteroatoms. The van der Waals surface area contributed by atoms with Gasteiger partial charge in [0.15, 0.2) is 0 Å². The highest BCUT2D eigenvalue weighted by atomic mass is 32.2. The van der Waals surface area contributed by atoms with Crippen LogP contribution in [0.25, 0.3) is 0 Å². The van der Waals surface area contributed by atoms with Gasteiger partial charge in [0.2, 0.25) is 10.0 Å². The number of sulfonamides is 1. The molecule has 1 amide bonds. The van der Waals surface area contributed by atoms with Crippen LogP contribution < -0.4 is 14.5 Å². The number of para-hydroxylation sites is 1. The maximum atomic E-state index is 12.9. The molecule has 30 heavy (non-hydrogen) atoms. The zero-order valence-corrected chi connectivity index (χ0v) is 18.9. The van der Waals surface area contributed by atoms with E-state index in [2.05, 4.69) is 29.3 Å². The molecule has 2 aromatic carbocycles. The van der Waals surface area contributed by atoms with Crippen LogP contribution >= 0.6 is 0 Å². The van der Waals surface area contributed by atoms with Crippen LogP contribution in [0.4, 0.5) is 11.4 Å². The van der Waals surface area contributed by atoms with E-state index in [-0.39, 0.29) is 11.9 Å². The van der Waals surface area contributed by atoms with Crippen LogP contribution in [0.15, 0.2) is 48.5 Å². The number of piperidine rings is 1. The fourth-order valence-corrected chi connectivity index (χ4v) is 4.23. The molecule has 1 atom stereocenters. The molecule has 1 heterocycles. The molecule has 0 radical (unpaired) electrons. The summed E-state index contributed by atoms with van der Waals surface area (Å²) in [5.41, 5.74) is 2.91. The van der Waals surface area contributed by atoms with Gasteiger partial charge in [-0.15, -0.1) is 0 Å². The van der Waals surface area contributed by atoms with Gasteiger partial charge in [0, 0.05) is 25.8 Å². The Morgan fingerprint density at radius 2 is 1.70 bits per heavy atom. The van der Waals surface area contributed by atoms with Crippen molar-refractivity contribution in [3.63, 3.8) is 0 Å². The van der Waals surface area contributed by atoms with Crippen LogP contribution in [0, 0.1) is 5.92 Å². The largest absolute Gasteiger partial charge is 0.372 e. The standard InChI is InChI=1S/C23H31N3O3S/c1-17-13-15-26(16-14-17)20-11-9-19(10-12-20)18(2)24-23(27)21-7-5-6-8-22(21)25(3)30(4,28)29/h5-12,17-18H,13-16H2,1-4H3,(H,24,27). The highest BCUT2D eigenvalue weighted by Gasteiger charge is 2.21. The fraction of sp³-hybridized carbons (Fsp3) is 0.435. The van der Waals surface area contributed by atoms with E-state index >= 15 is 0 Å². The first kappa shape index (κ1) is 22.2. The fourth-order valence-electron chi connectivity index (χ4n) is 3.72. The van der Waals surface area contributed by atoms with Gasteiger partial charge in [0.05, 0.1) is 23.5 Å². The van der Waals surface area contributed by atoms with E-state index in [1.807, 2.05) is 19.1 Å². The first-order chi connectivity index (χ1) is 14.2. The molecule has 0 spiro atoms. The van der Waals surface area contributed by atoms with Crippen LogP contribution in [-0.2, 0) is 10.0 Å². The van der Waals surface area contributed by atoms with Crippen LogP contribution in [0.2, 0.25) is 0 Å². The van der Waals surface area contributed by atoms with Crippen LogP contribution in [0.3, 0.4) is 0 Å². The Hall–Kier alpha value is -2.54. The molecule has 1 N–H and O–H groups in total. The van der Waals surface area contributed by atoms with Gasteiger partial charge in [-0.05, 0) is 55.5 Å². The Morgan fingerprint density at radius 1 is 1.10 bits per heavy atom. The van der Waals surface area contributed by atoms with Gasteiger partial charge in [0.25, 0.3) is 5.91 Å². The van der Waals surface area contributed by atoms with Crippen molar-refractivity contribution in [1.82, 2.24) is 5.32 Å². The third-order valence-corrected chi connectivity index (χ3v) is 7.07. The smallest absolute Gasteiger partial charge is 0.253 e. The second kappa shape index (κ2) is 9.08. The summed E-state index contributed by atoms with van der Waals surface area (Å²) < 4.78 is 25.0. The van der Waals surface area contributed by atoms with Gasteiger partial charge >= 0.3 is 0 Å². The minimum Gasteiger partial charge on any atom is -0.372 e. The summed E-state index contributed by atoms with van der Waals surface area (Å²) in [5, 5.41) is 2.99. The topological polar surface area (TPSA) is 69.7 Å². The summed E-state index contributed by atoms with van der Waals surface area (Å²) in [7, 11) is -2.01. The number of carbonyl (C=O) groups excluding carboxylic acids is 1. The van der Waals surface area contributed by atoms with Crippen molar-refractivity contribution in [1.29, 1.82) is 0 Å². The molecule has 0 aliphatic carbocycles. The lowest BCUT2D eigenvalue weighted by atomic mass is 9.98. The average Bonchev–Trinajstić information content (AvgIpc) is 2.73. The number of nitrogens with zero attached hydrogens (tertiary/aromatic N) is 2. The Kier molecular flexibility index (Phi) is 6.71. The molecule has 1 fully saturated rings. The summed E-state index contributed by atoms with van der Waals surface area (Å²) in [6, 6.07) is 14.8. The number of hydrogen-bond acceptors (Lipinski definition) is 4. The maximum absolute atomic E-state index is 12.9. The summed E-state index contributed by atoms with van der Waals surface area (Å²) in [4.78, 5) is 15.3. The van der Waals surface area contributed by atoms with Crippen molar-refractivity contribution in [3.05, 3.63) is 59.7 Å². The Bertz CT molecular complexity index is 981. The van der Waals surface area contributed by atoms with E-state index in [4.69, 9.17) is 0 Å². The molecule has 2 aromatic rings. The monoisotopic (exact) mass is 429 g/mol. The molecule has 0 bridgehead atoms. The Balaban J connectivity index is 1.71. The zero-order chi connectivity index (χ0) is 21.9. The summed E-state index contributed by atoms with van der Waals surface area (Å²) >= 11 is 0. The second-order valence-electron chi connectivity index (χ2n) is 8.20. The van der Waals surface area contributed by atoms with Gasteiger partial charge in [-0.3, -0.25) is 9.10 Å². The second-order valence-corrected chi connectivity index (χ2v) is 10.2. The van der Waals surface area contributed by atoms with Gasteiger partial charge in [-0.2, -0.15) is 0 Å². The number of nitrogens with one attached hydrogen (secondary N) is 1. The third kappa shape index (κ3) is 5.14. The molecule has 1 aliphatic heterocycles. The minimum atomic E-state index is -3.46. The van der Waals surface area contributed by atoms with Gasteiger partial charge in [0.1, 0.15) is 0 Å². The van der Waals surface area contributed by atoms with E-state index in [1.165, 1.54) is 25.6 Å². The molecule has 6 nitrogen and oxygen atoms in total. The number of hydrogen-bond donors (Lipinski definition) is 1. The van der Waals surface area contributed by atoms with Crippen LogP contribution in [-0.4, -0.2) is 40.7 Å². The van der Waals surface area contributed by atoms with Crippen molar-refractivity contribution in [2.24, 2.45) is 5.92 Å². The summed E-state index contributed by atoms with van der Waals surface area (Å²) in [5.74, 6) is 0.489. The van der Waals surface area contributed by atoms with Crippen LogP contribution in [0.1, 0.15) is 48.7 Å². The number of anilines is 2. The molecular formula is C23H31N3O3S. The van der Waals surface area contributed by atoms with Crippen molar-refractivity contribution in [2.45, 2.75) is 32.7 Å². The molecular weight excluding hydrogens is 398 g/mol. The molecule has 1 saturated heterocycles. The van der Waals surface area contributed by atoms with E-state index in [1.54, 1.807) is 24.3 Å². The summed E-state index contributed by atoms with van der Waals surface area (Å²) in [6.07, 6.45) is 3.56. The molecule has 1 unspecified atom stereocenters. The molecule has 0 saturated carbocycles. The number of carbonyl (C=O) groups is 1. The predicted octanol–water partition coefficient (Wildman–Crippen LogP) is 3.81. The quantitative estimate of drug-likeness (QED) is 0.758. The van der Waals surface area contributed by atoms with Gasteiger partial charge < -0.3 is 10.2 Å². The third-order valence-electron chi connectivity index (χ3n) is 5.87. The van der Waals surface area contributed by atoms with Crippen molar-refractivity contribution < 1.29 is 13.2 Å². The van der Waals surface area contributed by atoms with E-state index < -0.39 is 10.0 Å². The van der Waals surface area contributed by atoms with Gasteiger partial charge in [-0.25, -0.2) is 8.42 Å². The van der Waals surface area contributed by atoms with E-state index in [0.29, 0.717) is 11.3 Å². The first-order valence-corrected chi connectivity index (χ1v) is 12.2. The SMILES string of the molecule is CC1CCN(c2ccc(C(C)NC(=O)c3ccccc3N(C)S(C)(=O)=O)cc2)CC1. The lowest BCUT2D eigenvalue weighted by Gasteiger charge is -2.32. The van der Waals surface area contributed by atoms with Crippen molar-refractivity contribution in [3.8, 4) is 0 Å². The zero-order valence-electron chi connectivity index (χ0n) is 18.1. The number of rotatable bonds is 6. The minimum absolute atomic E-state index is 0.204. The molecule has 1 aliphatic rings. The number of amides is 1. The Labute approximate surface area is 179 Å². The van der Waals surface area contributed by atoms with Gasteiger partial charge in [-0.1, -0.05) is 31.2 Å². The average molecular weight is 430 g/mol. The lowest BCUT2D eigenvalue weighted by Crippen LogP contribution is -2.33. The van der Waals surface area contributed by atoms with Crippen molar-refractivity contribution >= 4 is 27.3 Å². The maximum Gasteiger partial charge on any atom is 0.253 e. The first-order valence-electron chi connectivity index (χ1n) is 10.4.